The summed E-state index contributed by atoms with van der Waals surface area (Å²) in [5, 5.41) is 0. The zero-order valence-electron chi connectivity index (χ0n) is 9.56. The molecular weight excluding hydrogens is 192 g/mol. The molecule has 0 nitrogen and oxygen atoms in total. The second kappa shape index (κ2) is 5.32. The predicted octanol–water partition coefficient (Wildman–Crippen LogP) is 4.47. The summed E-state index contributed by atoms with van der Waals surface area (Å²) in [6.45, 7) is 2.06. The highest BCUT2D eigenvalue weighted by atomic mass is 14.1. The topological polar surface area (TPSA) is 0 Å². The van der Waals surface area contributed by atoms with Gasteiger partial charge in [-0.15, -0.1) is 0 Å². The molecule has 0 aromatic heterocycles. The van der Waals surface area contributed by atoms with Crippen LogP contribution in [0, 0.1) is 0 Å². The molecule has 0 heteroatoms. The highest BCUT2D eigenvalue weighted by Crippen LogP contribution is 2.23. The Morgan fingerprint density at radius 2 is 1.56 bits per heavy atom. The number of benzene rings is 2. The molecule has 80 valence electrons. The Kier molecular flexibility index (Phi) is 3.55. The fraction of sp³-hybridized carbons (Fsp3) is 0.125. The van der Waals surface area contributed by atoms with Crippen LogP contribution in [0.2, 0.25) is 0 Å². The summed E-state index contributed by atoms with van der Waals surface area (Å²) in [5.41, 5.74) is 4.01. The molecule has 0 amide bonds. The molecule has 0 fully saturated rings. The number of hydrogen-bond donors (Lipinski definition) is 0. The molecule has 0 N–H and O–H groups in total. The van der Waals surface area contributed by atoms with E-state index >= 15 is 0 Å². The van der Waals surface area contributed by atoms with Crippen molar-refractivity contribution in [3.05, 3.63) is 72.3 Å². The van der Waals surface area contributed by atoms with E-state index in [1.807, 2.05) is 0 Å². The predicted molar refractivity (Wildman–Crippen MR) is 70.4 cm³/mol. The van der Waals surface area contributed by atoms with Gasteiger partial charge in [0.1, 0.15) is 0 Å². The first-order valence-electron chi connectivity index (χ1n) is 5.66. The maximum atomic E-state index is 2.20. The molecule has 0 atom stereocenters. The molecular formula is C16H16. The lowest BCUT2D eigenvalue weighted by Gasteiger charge is -2.07. The van der Waals surface area contributed by atoms with Crippen molar-refractivity contribution in [3.63, 3.8) is 0 Å². The molecule has 0 saturated heterocycles. The van der Waals surface area contributed by atoms with Crippen molar-refractivity contribution in [3.8, 4) is 11.1 Å². The molecule has 0 bridgehead atoms. The van der Waals surface area contributed by atoms with Crippen LogP contribution in [0.3, 0.4) is 0 Å². The van der Waals surface area contributed by atoms with Gasteiger partial charge in [-0.05, 0) is 30.0 Å². The van der Waals surface area contributed by atoms with Crippen molar-refractivity contribution in [2.24, 2.45) is 0 Å². The largest absolute Gasteiger partial charge is 0.0913 e. The standard InChI is InChI=1S/C16H16/c1-2-3-9-14-12-7-8-13-16(14)15-10-5-4-6-11-15/h2-8,10-13H,9H2,1H3. The highest BCUT2D eigenvalue weighted by Gasteiger charge is 2.01. The maximum Gasteiger partial charge on any atom is -0.00914 e. The van der Waals surface area contributed by atoms with Gasteiger partial charge in [0, 0.05) is 0 Å². The zero-order valence-corrected chi connectivity index (χ0v) is 9.56. The van der Waals surface area contributed by atoms with Gasteiger partial charge < -0.3 is 0 Å². The van der Waals surface area contributed by atoms with Crippen molar-refractivity contribution < 1.29 is 0 Å². The van der Waals surface area contributed by atoms with Crippen molar-refractivity contribution in [1.82, 2.24) is 0 Å². The normalized spacial score (nSPS) is 10.8. The summed E-state index contributed by atoms with van der Waals surface area (Å²) < 4.78 is 0. The van der Waals surface area contributed by atoms with E-state index < -0.39 is 0 Å². The first kappa shape index (κ1) is 10.7. The van der Waals surface area contributed by atoms with E-state index in [1.165, 1.54) is 16.7 Å². The van der Waals surface area contributed by atoms with Crippen molar-refractivity contribution >= 4 is 0 Å². The average molecular weight is 208 g/mol. The minimum atomic E-state index is 1.00. The molecule has 2 aromatic carbocycles. The molecule has 2 aromatic rings. The van der Waals surface area contributed by atoms with Crippen LogP contribution in [0.15, 0.2) is 66.7 Å². The van der Waals surface area contributed by atoms with Crippen molar-refractivity contribution in [2.45, 2.75) is 13.3 Å². The van der Waals surface area contributed by atoms with Crippen LogP contribution in [0.4, 0.5) is 0 Å². The summed E-state index contributed by atoms with van der Waals surface area (Å²) in [6, 6.07) is 19.1. The Morgan fingerprint density at radius 1 is 0.875 bits per heavy atom. The summed E-state index contributed by atoms with van der Waals surface area (Å²) >= 11 is 0. The van der Waals surface area contributed by atoms with Gasteiger partial charge in [-0.25, -0.2) is 0 Å². The van der Waals surface area contributed by atoms with Crippen LogP contribution in [0.5, 0.6) is 0 Å². The Bertz CT molecular complexity index is 466. The SMILES string of the molecule is CC=CCc1ccccc1-c1ccccc1. The van der Waals surface area contributed by atoms with Gasteiger partial charge in [-0.2, -0.15) is 0 Å². The lowest BCUT2D eigenvalue weighted by atomic mass is 9.98. The second-order valence-electron chi connectivity index (χ2n) is 3.80. The van der Waals surface area contributed by atoms with Gasteiger partial charge in [0.2, 0.25) is 0 Å². The average Bonchev–Trinajstić information content (AvgIpc) is 2.38. The molecule has 0 unspecified atom stereocenters. The van der Waals surface area contributed by atoms with Crippen LogP contribution in [0.25, 0.3) is 11.1 Å². The van der Waals surface area contributed by atoms with Gasteiger partial charge in [-0.1, -0.05) is 66.7 Å². The van der Waals surface area contributed by atoms with Gasteiger partial charge in [-0.3, -0.25) is 0 Å². The van der Waals surface area contributed by atoms with Crippen LogP contribution in [0.1, 0.15) is 12.5 Å². The van der Waals surface area contributed by atoms with E-state index in [1.54, 1.807) is 0 Å². The maximum absolute atomic E-state index is 2.20. The number of allylic oxidation sites excluding steroid dienone is 2. The first-order chi connectivity index (χ1) is 7.92. The molecule has 0 aliphatic heterocycles. The van der Waals surface area contributed by atoms with E-state index in [0.717, 1.165) is 6.42 Å². The molecule has 0 aliphatic rings. The molecule has 2 rings (SSSR count). The molecule has 0 saturated carbocycles. The number of hydrogen-bond acceptors (Lipinski definition) is 0. The van der Waals surface area contributed by atoms with Crippen LogP contribution in [-0.4, -0.2) is 0 Å². The van der Waals surface area contributed by atoms with E-state index in [9.17, 15) is 0 Å². The minimum absolute atomic E-state index is 1.00. The monoisotopic (exact) mass is 208 g/mol. The Morgan fingerprint density at radius 3 is 2.31 bits per heavy atom. The highest BCUT2D eigenvalue weighted by molar-refractivity contribution is 5.67. The fourth-order valence-corrected chi connectivity index (χ4v) is 1.84. The van der Waals surface area contributed by atoms with E-state index in [0.29, 0.717) is 0 Å². The van der Waals surface area contributed by atoms with Crippen LogP contribution < -0.4 is 0 Å². The van der Waals surface area contributed by atoms with E-state index in [-0.39, 0.29) is 0 Å². The number of rotatable bonds is 3. The Balaban J connectivity index is 2.40. The van der Waals surface area contributed by atoms with Crippen LogP contribution in [-0.2, 0) is 6.42 Å². The molecule has 0 aliphatic carbocycles. The third kappa shape index (κ3) is 2.40. The molecule has 0 spiro atoms. The van der Waals surface area contributed by atoms with Crippen molar-refractivity contribution in [1.29, 1.82) is 0 Å². The summed E-state index contributed by atoms with van der Waals surface area (Å²) in [6.07, 6.45) is 5.30. The smallest absolute Gasteiger partial charge is 0.00914 e. The third-order valence-electron chi connectivity index (χ3n) is 2.68. The second-order valence-corrected chi connectivity index (χ2v) is 3.80. The minimum Gasteiger partial charge on any atom is -0.0913 e. The fourth-order valence-electron chi connectivity index (χ4n) is 1.84. The zero-order chi connectivity index (χ0) is 11.2. The quantitative estimate of drug-likeness (QED) is 0.653. The lowest BCUT2D eigenvalue weighted by molar-refractivity contribution is 1.26. The lowest BCUT2D eigenvalue weighted by Crippen LogP contribution is -1.87. The van der Waals surface area contributed by atoms with E-state index in [2.05, 4.69) is 73.7 Å². The molecule has 0 radical (unpaired) electrons. The summed E-state index contributed by atoms with van der Waals surface area (Å²) in [5.74, 6) is 0. The van der Waals surface area contributed by atoms with Crippen molar-refractivity contribution in [2.75, 3.05) is 0 Å². The first-order valence-corrected chi connectivity index (χ1v) is 5.66. The van der Waals surface area contributed by atoms with Gasteiger partial charge in [0.05, 0.1) is 0 Å². The molecule has 16 heavy (non-hydrogen) atoms. The van der Waals surface area contributed by atoms with Gasteiger partial charge in [0.25, 0.3) is 0 Å². The summed E-state index contributed by atoms with van der Waals surface area (Å²) in [7, 11) is 0. The summed E-state index contributed by atoms with van der Waals surface area (Å²) in [4.78, 5) is 0. The molecule has 0 heterocycles. The van der Waals surface area contributed by atoms with Gasteiger partial charge >= 0.3 is 0 Å². The Labute approximate surface area is 97.3 Å². The van der Waals surface area contributed by atoms with E-state index in [4.69, 9.17) is 0 Å². The van der Waals surface area contributed by atoms with Gasteiger partial charge in [0.15, 0.2) is 0 Å². The third-order valence-corrected chi connectivity index (χ3v) is 2.68. The Hall–Kier alpha value is -1.82. The van der Waals surface area contributed by atoms with Crippen LogP contribution >= 0.6 is 0 Å².